The molecule has 12 heavy (non-hydrogen) atoms. The third-order valence-electron chi connectivity index (χ3n) is 1.57. The first-order valence-corrected chi connectivity index (χ1v) is 3.84. The van der Waals surface area contributed by atoms with Crippen molar-refractivity contribution in [3.05, 3.63) is 23.8 Å². The molecule has 0 N–H and O–H groups in total. The minimum Gasteiger partial charge on any atom is -0.262 e. The summed E-state index contributed by atoms with van der Waals surface area (Å²) in [5.41, 5.74) is 2.89. The van der Waals surface area contributed by atoms with E-state index >= 15 is 0 Å². The van der Waals surface area contributed by atoms with E-state index < -0.39 is 0 Å². The smallest absolute Gasteiger partial charge is 0.0881 e. The van der Waals surface area contributed by atoms with Gasteiger partial charge in [-0.3, -0.25) is 9.98 Å². The summed E-state index contributed by atoms with van der Waals surface area (Å²) in [6.07, 6.45) is 1.75. The summed E-state index contributed by atoms with van der Waals surface area (Å²) < 4.78 is 0. The van der Waals surface area contributed by atoms with Crippen molar-refractivity contribution >= 4 is 24.3 Å². The van der Waals surface area contributed by atoms with Gasteiger partial charge >= 0.3 is 0 Å². The average molecular weight is 160 g/mol. The average Bonchev–Trinajstić information content (AvgIpc) is 2.08. The zero-order chi connectivity index (χ0) is 8.97. The quantitative estimate of drug-likeness (QED) is 0.594. The highest BCUT2D eigenvalue weighted by molar-refractivity contribution is 5.71. The molecule has 2 heteroatoms. The van der Waals surface area contributed by atoms with E-state index in [0.717, 1.165) is 11.4 Å². The fraction of sp³-hybridized carbons (Fsp3) is 0.200. The Hall–Kier alpha value is -1.44. The van der Waals surface area contributed by atoms with E-state index in [1.807, 2.05) is 32.0 Å². The van der Waals surface area contributed by atoms with Crippen LogP contribution in [0.4, 0.5) is 11.4 Å². The summed E-state index contributed by atoms with van der Waals surface area (Å²) in [7, 11) is 0. The van der Waals surface area contributed by atoms with Crippen LogP contribution in [-0.2, 0) is 0 Å². The maximum absolute atomic E-state index is 4.16. The number of nitrogens with zero attached hydrogens (tertiary/aromatic N) is 2. The number of benzene rings is 1. The van der Waals surface area contributed by atoms with Crippen LogP contribution in [0.25, 0.3) is 0 Å². The molecule has 0 aromatic heterocycles. The van der Waals surface area contributed by atoms with Crippen LogP contribution in [0.2, 0.25) is 0 Å². The molecular formula is C10H12N2. The van der Waals surface area contributed by atoms with E-state index in [0.29, 0.717) is 0 Å². The zero-order valence-electron chi connectivity index (χ0n) is 7.41. The normalized spacial score (nSPS) is 10.5. The number of aryl methyl sites for hydroxylation is 1. The van der Waals surface area contributed by atoms with Gasteiger partial charge in [-0.2, -0.15) is 0 Å². The van der Waals surface area contributed by atoms with Crippen LogP contribution in [0.3, 0.4) is 0 Å². The van der Waals surface area contributed by atoms with Gasteiger partial charge in [-0.15, -0.1) is 0 Å². The van der Waals surface area contributed by atoms with Crippen molar-refractivity contribution in [1.29, 1.82) is 0 Å². The lowest BCUT2D eigenvalue weighted by Gasteiger charge is -1.99. The Morgan fingerprint density at radius 1 is 1.33 bits per heavy atom. The number of hydrogen-bond acceptors (Lipinski definition) is 2. The van der Waals surface area contributed by atoms with Crippen LogP contribution in [-0.4, -0.2) is 12.9 Å². The molecule has 0 spiro atoms. The van der Waals surface area contributed by atoms with Crippen molar-refractivity contribution in [2.45, 2.75) is 13.8 Å². The van der Waals surface area contributed by atoms with Crippen LogP contribution in [0, 0.1) is 6.92 Å². The van der Waals surface area contributed by atoms with Crippen molar-refractivity contribution < 1.29 is 0 Å². The number of hydrogen-bond donors (Lipinski definition) is 0. The molecule has 0 aliphatic heterocycles. The number of rotatable bonds is 2. The van der Waals surface area contributed by atoms with Crippen molar-refractivity contribution in [3.63, 3.8) is 0 Å². The zero-order valence-corrected chi connectivity index (χ0v) is 7.41. The Labute approximate surface area is 72.7 Å². The summed E-state index contributed by atoms with van der Waals surface area (Å²) in [4.78, 5) is 8.05. The Balaban J connectivity index is 3.19. The van der Waals surface area contributed by atoms with Gasteiger partial charge in [-0.25, -0.2) is 0 Å². The molecule has 0 bridgehead atoms. The molecule has 1 aromatic rings. The highest BCUT2D eigenvalue weighted by Crippen LogP contribution is 2.27. The minimum absolute atomic E-state index is 0.841. The van der Waals surface area contributed by atoms with E-state index in [1.54, 1.807) is 6.21 Å². The molecular weight excluding hydrogens is 148 g/mol. The van der Waals surface area contributed by atoms with Crippen molar-refractivity contribution in [3.8, 4) is 0 Å². The van der Waals surface area contributed by atoms with Gasteiger partial charge in [0.15, 0.2) is 0 Å². The van der Waals surface area contributed by atoms with E-state index in [9.17, 15) is 0 Å². The van der Waals surface area contributed by atoms with Gasteiger partial charge in [0.05, 0.1) is 11.4 Å². The molecule has 1 rings (SSSR count). The van der Waals surface area contributed by atoms with Gasteiger partial charge in [-0.1, -0.05) is 6.07 Å². The van der Waals surface area contributed by atoms with Gasteiger partial charge in [0.1, 0.15) is 0 Å². The Kier molecular flexibility index (Phi) is 2.75. The maximum Gasteiger partial charge on any atom is 0.0881 e. The molecule has 0 saturated carbocycles. The molecule has 0 saturated heterocycles. The molecule has 0 fully saturated rings. The van der Waals surface area contributed by atoms with Gasteiger partial charge in [0.25, 0.3) is 0 Å². The molecule has 0 unspecified atom stereocenters. The van der Waals surface area contributed by atoms with Crippen LogP contribution < -0.4 is 0 Å². The Bertz CT molecular complexity index is 314. The third kappa shape index (κ3) is 1.78. The maximum atomic E-state index is 4.16. The van der Waals surface area contributed by atoms with Crippen LogP contribution in [0.15, 0.2) is 28.2 Å². The van der Waals surface area contributed by atoms with Crippen molar-refractivity contribution in [2.75, 3.05) is 0 Å². The molecule has 0 aliphatic rings. The Morgan fingerprint density at radius 2 is 2.08 bits per heavy atom. The fourth-order valence-electron chi connectivity index (χ4n) is 1.01. The fourth-order valence-corrected chi connectivity index (χ4v) is 1.01. The predicted octanol–water partition coefficient (Wildman–Crippen LogP) is 3.05. The second-order valence-electron chi connectivity index (χ2n) is 2.54. The van der Waals surface area contributed by atoms with E-state index in [-0.39, 0.29) is 0 Å². The topological polar surface area (TPSA) is 24.7 Å². The first-order chi connectivity index (χ1) is 5.77. The van der Waals surface area contributed by atoms with Gasteiger partial charge in [0, 0.05) is 6.21 Å². The lowest BCUT2D eigenvalue weighted by atomic mass is 10.2. The summed E-state index contributed by atoms with van der Waals surface area (Å²) in [6, 6.07) is 5.92. The first kappa shape index (κ1) is 8.65. The van der Waals surface area contributed by atoms with Crippen LogP contribution in [0.1, 0.15) is 12.5 Å². The second kappa shape index (κ2) is 3.81. The molecule has 0 amide bonds. The molecule has 2 nitrogen and oxygen atoms in total. The number of aliphatic imine (C=N–C) groups is 2. The third-order valence-corrected chi connectivity index (χ3v) is 1.57. The summed E-state index contributed by atoms with van der Waals surface area (Å²) in [6.45, 7) is 7.39. The molecule has 0 aliphatic carbocycles. The summed E-state index contributed by atoms with van der Waals surface area (Å²) in [5, 5.41) is 0. The summed E-state index contributed by atoms with van der Waals surface area (Å²) >= 11 is 0. The Morgan fingerprint density at radius 3 is 2.67 bits per heavy atom. The minimum atomic E-state index is 0.841. The van der Waals surface area contributed by atoms with Crippen molar-refractivity contribution in [1.82, 2.24) is 0 Å². The van der Waals surface area contributed by atoms with Gasteiger partial charge in [-0.05, 0) is 38.3 Å². The first-order valence-electron chi connectivity index (χ1n) is 3.84. The second-order valence-corrected chi connectivity index (χ2v) is 2.54. The largest absolute Gasteiger partial charge is 0.262 e. The highest BCUT2D eigenvalue weighted by atomic mass is 14.8. The lowest BCUT2D eigenvalue weighted by Crippen LogP contribution is -1.72. The highest BCUT2D eigenvalue weighted by Gasteiger charge is 1.96. The standard InChI is InChI=1S/C10H12N2/c1-4-12-9-6-5-8(2)7-10(9)11-3/h4-7H,3H2,1-2H3. The van der Waals surface area contributed by atoms with E-state index in [2.05, 4.69) is 16.7 Å². The molecule has 0 heterocycles. The predicted molar refractivity (Wildman–Crippen MR) is 54.2 cm³/mol. The lowest BCUT2D eigenvalue weighted by molar-refractivity contribution is 1.40. The monoisotopic (exact) mass is 160 g/mol. The SMILES string of the molecule is C=Nc1cc(C)ccc1N=CC. The molecule has 62 valence electrons. The molecule has 1 aromatic carbocycles. The van der Waals surface area contributed by atoms with Gasteiger partial charge in [0.2, 0.25) is 0 Å². The van der Waals surface area contributed by atoms with E-state index in [1.165, 1.54) is 5.56 Å². The van der Waals surface area contributed by atoms with Crippen LogP contribution in [0.5, 0.6) is 0 Å². The molecule has 0 atom stereocenters. The van der Waals surface area contributed by atoms with Crippen molar-refractivity contribution in [2.24, 2.45) is 9.98 Å². The van der Waals surface area contributed by atoms with Crippen LogP contribution >= 0.6 is 0 Å². The van der Waals surface area contributed by atoms with E-state index in [4.69, 9.17) is 0 Å². The summed E-state index contributed by atoms with van der Waals surface area (Å²) in [5.74, 6) is 0. The van der Waals surface area contributed by atoms with Gasteiger partial charge < -0.3 is 0 Å². The molecule has 0 radical (unpaired) electrons.